The minimum Gasteiger partial charge on any atom is -0.480 e. The second-order valence-electron chi connectivity index (χ2n) is 3.94. The molecule has 0 radical (unpaired) electrons. The van der Waals surface area contributed by atoms with E-state index in [9.17, 15) is 4.79 Å². The molecule has 1 aromatic heterocycles. The van der Waals surface area contributed by atoms with E-state index in [1.54, 1.807) is 25.1 Å². The molecule has 1 amide bonds. The third-order valence-corrected chi connectivity index (χ3v) is 3.07. The van der Waals surface area contributed by atoms with E-state index in [1.165, 1.54) is 12.5 Å². The summed E-state index contributed by atoms with van der Waals surface area (Å²) < 4.78 is 11.4. The summed E-state index contributed by atoms with van der Waals surface area (Å²) >= 11 is 3.35. The Balaban J connectivity index is 1.88. The average molecular weight is 337 g/mol. The van der Waals surface area contributed by atoms with Gasteiger partial charge in [0, 0.05) is 0 Å². The zero-order valence-corrected chi connectivity index (χ0v) is 12.3. The van der Waals surface area contributed by atoms with Crippen LogP contribution in [0.25, 0.3) is 0 Å². The monoisotopic (exact) mass is 336 g/mol. The number of carbonyl (C=O) groups excluding carboxylic acids is 1. The first kappa shape index (κ1) is 14.3. The van der Waals surface area contributed by atoms with Gasteiger partial charge in [-0.1, -0.05) is 12.1 Å². The molecule has 2 aromatic rings. The van der Waals surface area contributed by atoms with E-state index in [2.05, 4.69) is 26.5 Å². The summed E-state index contributed by atoms with van der Waals surface area (Å²) in [6, 6.07) is 10.8. The van der Waals surface area contributed by atoms with Crippen molar-refractivity contribution in [3.05, 3.63) is 52.9 Å². The highest BCUT2D eigenvalue weighted by atomic mass is 79.9. The summed E-state index contributed by atoms with van der Waals surface area (Å²) in [5.74, 6) is 0.818. The molecule has 0 aliphatic heterocycles. The summed E-state index contributed by atoms with van der Waals surface area (Å²) in [5.41, 5.74) is 2.39. The number of hydrogen-bond acceptors (Lipinski definition) is 4. The van der Waals surface area contributed by atoms with Crippen LogP contribution in [-0.4, -0.2) is 18.2 Å². The highest BCUT2D eigenvalue weighted by Crippen LogP contribution is 2.24. The molecule has 1 atom stereocenters. The quantitative estimate of drug-likeness (QED) is 0.674. The van der Waals surface area contributed by atoms with Crippen molar-refractivity contribution in [3.63, 3.8) is 0 Å². The van der Waals surface area contributed by atoms with Crippen LogP contribution in [0.5, 0.6) is 5.75 Å². The number of rotatable bonds is 5. The van der Waals surface area contributed by atoms with E-state index in [0.29, 0.717) is 11.5 Å². The highest BCUT2D eigenvalue weighted by Gasteiger charge is 2.15. The lowest BCUT2D eigenvalue weighted by Crippen LogP contribution is -2.33. The Bertz CT molecular complexity index is 596. The molecule has 1 heterocycles. The van der Waals surface area contributed by atoms with E-state index in [1.807, 2.05) is 18.2 Å². The van der Waals surface area contributed by atoms with Crippen molar-refractivity contribution in [1.82, 2.24) is 5.43 Å². The van der Waals surface area contributed by atoms with Crippen molar-refractivity contribution in [2.45, 2.75) is 13.0 Å². The van der Waals surface area contributed by atoms with Gasteiger partial charge >= 0.3 is 0 Å². The molecule has 0 saturated heterocycles. The lowest BCUT2D eigenvalue weighted by Gasteiger charge is -2.13. The van der Waals surface area contributed by atoms with Crippen LogP contribution in [0.3, 0.4) is 0 Å². The summed E-state index contributed by atoms with van der Waals surface area (Å²) in [6.45, 7) is 1.65. The lowest BCUT2D eigenvalue weighted by atomic mass is 10.3. The Morgan fingerprint density at radius 3 is 2.90 bits per heavy atom. The van der Waals surface area contributed by atoms with Crippen LogP contribution in [0, 0.1) is 0 Å². The molecular formula is C14H13BrN2O3. The number of nitrogens with one attached hydrogen (secondary N) is 1. The molecule has 2 rings (SSSR count). The molecule has 5 nitrogen and oxygen atoms in total. The molecular weight excluding hydrogens is 324 g/mol. The van der Waals surface area contributed by atoms with Crippen molar-refractivity contribution in [1.29, 1.82) is 0 Å². The maximum Gasteiger partial charge on any atom is 0.280 e. The van der Waals surface area contributed by atoms with Gasteiger partial charge < -0.3 is 9.15 Å². The van der Waals surface area contributed by atoms with Crippen LogP contribution < -0.4 is 10.2 Å². The zero-order valence-electron chi connectivity index (χ0n) is 10.7. The molecule has 0 bridgehead atoms. The summed E-state index contributed by atoms with van der Waals surface area (Å²) in [5, 5.41) is 3.79. The number of para-hydroxylation sites is 1. The number of furan rings is 1. The molecule has 6 heteroatoms. The van der Waals surface area contributed by atoms with Crippen LogP contribution in [0.4, 0.5) is 0 Å². The first-order chi connectivity index (χ1) is 9.66. The van der Waals surface area contributed by atoms with E-state index in [0.717, 1.165) is 4.47 Å². The summed E-state index contributed by atoms with van der Waals surface area (Å²) in [6.07, 6.45) is 2.28. The van der Waals surface area contributed by atoms with Gasteiger partial charge in [-0.15, -0.1) is 0 Å². The number of hydrogen-bond donors (Lipinski definition) is 1. The number of hydrazone groups is 1. The van der Waals surface area contributed by atoms with Crippen molar-refractivity contribution in [2.24, 2.45) is 5.10 Å². The van der Waals surface area contributed by atoms with Gasteiger partial charge in [0.05, 0.1) is 17.0 Å². The number of nitrogens with zero attached hydrogens (tertiary/aromatic N) is 1. The van der Waals surface area contributed by atoms with E-state index in [-0.39, 0.29) is 5.91 Å². The van der Waals surface area contributed by atoms with Crippen LogP contribution in [0.1, 0.15) is 12.7 Å². The summed E-state index contributed by atoms with van der Waals surface area (Å²) in [4.78, 5) is 11.8. The predicted octanol–water partition coefficient (Wildman–Crippen LogP) is 2.96. The number of halogens is 1. The van der Waals surface area contributed by atoms with Gasteiger partial charge in [-0.3, -0.25) is 4.79 Å². The fourth-order valence-electron chi connectivity index (χ4n) is 1.40. The van der Waals surface area contributed by atoms with Crippen molar-refractivity contribution < 1.29 is 13.9 Å². The van der Waals surface area contributed by atoms with E-state index >= 15 is 0 Å². The Labute approximate surface area is 124 Å². The largest absolute Gasteiger partial charge is 0.480 e. The van der Waals surface area contributed by atoms with Crippen molar-refractivity contribution in [3.8, 4) is 5.75 Å². The van der Waals surface area contributed by atoms with Crippen LogP contribution in [0.2, 0.25) is 0 Å². The fourth-order valence-corrected chi connectivity index (χ4v) is 1.78. The van der Waals surface area contributed by atoms with Gasteiger partial charge in [-0.2, -0.15) is 5.10 Å². The minimum atomic E-state index is -0.664. The molecule has 0 saturated carbocycles. The van der Waals surface area contributed by atoms with Crippen LogP contribution in [-0.2, 0) is 4.79 Å². The molecule has 0 aliphatic rings. The number of benzene rings is 1. The Kier molecular flexibility index (Phi) is 4.95. The predicted molar refractivity (Wildman–Crippen MR) is 78.7 cm³/mol. The van der Waals surface area contributed by atoms with Gasteiger partial charge in [0.25, 0.3) is 5.91 Å². The van der Waals surface area contributed by atoms with Gasteiger partial charge in [0.2, 0.25) is 0 Å². The zero-order chi connectivity index (χ0) is 14.4. The van der Waals surface area contributed by atoms with Gasteiger partial charge in [-0.05, 0) is 47.1 Å². The smallest absolute Gasteiger partial charge is 0.280 e. The lowest BCUT2D eigenvalue weighted by molar-refractivity contribution is -0.127. The Hall–Kier alpha value is -2.08. The third-order valence-electron chi connectivity index (χ3n) is 2.42. The molecule has 20 heavy (non-hydrogen) atoms. The summed E-state index contributed by atoms with van der Waals surface area (Å²) in [7, 11) is 0. The van der Waals surface area contributed by atoms with Crippen LogP contribution >= 0.6 is 15.9 Å². The molecule has 1 aromatic carbocycles. The van der Waals surface area contributed by atoms with Gasteiger partial charge in [0.15, 0.2) is 6.10 Å². The standard InChI is InChI=1S/C14H13BrN2O3/c1-10(20-13-7-3-2-6-12(13)15)14(18)17-16-9-11-5-4-8-19-11/h2-10H,1H3,(H,17,18)/b16-9+. The number of ether oxygens (including phenoxy) is 1. The first-order valence-corrected chi connectivity index (χ1v) is 6.73. The average Bonchev–Trinajstić information content (AvgIpc) is 2.94. The number of carbonyl (C=O) groups is 1. The Morgan fingerprint density at radius 2 is 2.20 bits per heavy atom. The Morgan fingerprint density at radius 1 is 1.40 bits per heavy atom. The maximum atomic E-state index is 11.8. The molecule has 104 valence electrons. The molecule has 1 N–H and O–H groups in total. The highest BCUT2D eigenvalue weighted by molar-refractivity contribution is 9.10. The SMILES string of the molecule is CC(Oc1ccccc1Br)C(=O)N/N=C/c1ccco1. The first-order valence-electron chi connectivity index (χ1n) is 5.94. The fraction of sp³-hybridized carbons (Fsp3) is 0.143. The second kappa shape index (κ2) is 6.91. The normalized spacial score (nSPS) is 12.3. The molecule has 0 aliphatic carbocycles. The molecule has 0 fully saturated rings. The molecule has 1 unspecified atom stereocenters. The maximum absolute atomic E-state index is 11.8. The minimum absolute atomic E-state index is 0.344. The van der Waals surface area contributed by atoms with Gasteiger partial charge in [0.1, 0.15) is 11.5 Å². The second-order valence-corrected chi connectivity index (χ2v) is 4.79. The van der Waals surface area contributed by atoms with E-state index < -0.39 is 6.10 Å². The number of amides is 1. The van der Waals surface area contributed by atoms with Gasteiger partial charge in [-0.25, -0.2) is 5.43 Å². The van der Waals surface area contributed by atoms with Crippen LogP contribution in [0.15, 0.2) is 56.7 Å². The third kappa shape index (κ3) is 3.96. The van der Waals surface area contributed by atoms with Crippen molar-refractivity contribution in [2.75, 3.05) is 0 Å². The van der Waals surface area contributed by atoms with E-state index in [4.69, 9.17) is 9.15 Å². The van der Waals surface area contributed by atoms with Crippen molar-refractivity contribution >= 4 is 28.1 Å². The molecule has 0 spiro atoms. The topological polar surface area (TPSA) is 63.8 Å².